The van der Waals surface area contributed by atoms with E-state index in [1.165, 1.54) is 0 Å². The SMILES string of the molecule is CCC(CC)C(=O)N1CCN(C(=O)Cc2ccc(OC)cc2Cl)CC1. The highest BCUT2D eigenvalue weighted by Crippen LogP contribution is 2.23. The number of rotatable bonds is 6. The monoisotopic (exact) mass is 366 g/mol. The number of hydrogen-bond acceptors (Lipinski definition) is 3. The van der Waals surface area contributed by atoms with Gasteiger partial charge in [-0.15, -0.1) is 0 Å². The topological polar surface area (TPSA) is 49.9 Å². The van der Waals surface area contributed by atoms with Crippen molar-refractivity contribution in [1.82, 2.24) is 9.80 Å². The molecule has 1 saturated heterocycles. The molecule has 5 nitrogen and oxygen atoms in total. The van der Waals surface area contributed by atoms with E-state index < -0.39 is 0 Å². The predicted octanol–water partition coefficient (Wildman–Crippen LogP) is 3.00. The number of carbonyl (C=O) groups excluding carboxylic acids is 2. The van der Waals surface area contributed by atoms with Crippen LogP contribution in [0, 0.1) is 5.92 Å². The van der Waals surface area contributed by atoms with Gasteiger partial charge in [0.15, 0.2) is 0 Å². The molecule has 1 fully saturated rings. The molecule has 0 aromatic heterocycles. The summed E-state index contributed by atoms with van der Waals surface area (Å²) in [6.45, 7) is 6.47. The van der Waals surface area contributed by atoms with E-state index in [9.17, 15) is 9.59 Å². The molecule has 0 bridgehead atoms. The average molecular weight is 367 g/mol. The average Bonchev–Trinajstić information content (AvgIpc) is 2.64. The van der Waals surface area contributed by atoms with E-state index in [0.29, 0.717) is 37.0 Å². The standard InChI is InChI=1S/C19H27ClN2O3/c1-4-14(5-2)19(24)22-10-8-21(9-11-22)18(23)12-15-6-7-16(25-3)13-17(15)20/h6-7,13-14H,4-5,8-12H2,1-3H3. The Labute approximate surface area is 154 Å². The third-order valence-electron chi connectivity index (χ3n) is 4.88. The number of nitrogens with zero attached hydrogens (tertiary/aromatic N) is 2. The number of piperazine rings is 1. The largest absolute Gasteiger partial charge is 0.497 e. The lowest BCUT2D eigenvalue weighted by Gasteiger charge is -2.36. The number of amides is 2. The quantitative estimate of drug-likeness (QED) is 0.777. The number of carbonyl (C=O) groups is 2. The molecular weight excluding hydrogens is 340 g/mol. The summed E-state index contributed by atoms with van der Waals surface area (Å²) in [7, 11) is 1.58. The van der Waals surface area contributed by atoms with Gasteiger partial charge in [-0.3, -0.25) is 9.59 Å². The molecule has 1 aromatic rings. The van der Waals surface area contributed by atoms with Crippen molar-refractivity contribution >= 4 is 23.4 Å². The van der Waals surface area contributed by atoms with Crippen LogP contribution in [0.1, 0.15) is 32.3 Å². The lowest BCUT2D eigenvalue weighted by molar-refractivity contribution is -0.142. The lowest BCUT2D eigenvalue weighted by Crippen LogP contribution is -2.52. The van der Waals surface area contributed by atoms with Crippen LogP contribution in [0.25, 0.3) is 0 Å². The van der Waals surface area contributed by atoms with Crippen molar-refractivity contribution in [2.45, 2.75) is 33.1 Å². The smallest absolute Gasteiger partial charge is 0.227 e. The van der Waals surface area contributed by atoms with E-state index in [1.807, 2.05) is 29.7 Å². The Kier molecular flexibility index (Phi) is 7.12. The number of ether oxygens (including phenoxy) is 1. The fourth-order valence-electron chi connectivity index (χ4n) is 3.15. The Balaban J connectivity index is 1.90. The van der Waals surface area contributed by atoms with Gasteiger partial charge in [0.05, 0.1) is 13.5 Å². The zero-order chi connectivity index (χ0) is 18.4. The summed E-state index contributed by atoms with van der Waals surface area (Å²) in [5.74, 6) is 1.03. The number of methoxy groups -OCH3 is 1. The maximum absolute atomic E-state index is 12.5. The number of hydrogen-bond donors (Lipinski definition) is 0. The maximum atomic E-state index is 12.5. The van der Waals surface area contributed by atoms with Gasteiger partial charge in [-0.05, 0) is 30.5 Å². The van der Waals surface area contributed by atoms with Crippen LogP contribution in [0.2, 0.25) is 5.02 Å². The molecule has 1 aliphatic rings. The molecule has 0 atom stereocenters. The van der Waals surface area contributed by atoms with Gasteiger partial charge < -0.3 is 14.5 Å². The molecule has 0 unspecified atom stereocenters. The van der Waals surface area contributed by atoms with E-state index in [1.54, 1.807) is 19.2 Å². The van der Waals surface area contributed by atoms with Crippen molar-refractivity contribution in [2.24, 2.45) is 5.92 Å². The van der Waals surface area contributed by atoms with Crippen molar-refractivity contribution in [3.63, 3.8) is 0 Å². The third kappa shape index (κ3) is 4.88. The Morgan fingerprint density at radius 2 is 1.72 bits per heavy atom. The Morgan fingerprint density at radius 1 is 1.12 bits per heavy atom. The zero-order valence-electron chi connectivity index (χ0n) is 15.3. The lowest BCUT2D eigenvalue weighted by atomic mass is 10.0. The fraction of sp³-hybridized carbons (Fsp3) is 0.579. The molecule has 25 heavy (non-hydrogen) atoms. The normalized spacial score (nSPS) is 14.8. The van der Waals surface area contributed by atoms with Crippen LogP contribution >= 0.6 is 11.6 Å². The molecule has 1 heterocycles. The summed E-state index contributed by atoms with van der Waals surface area (Å²) in [5.41, 5.74) is 0.794. The van der Waals surface area contributed by atoms with Gasteiger partial charge in [-0.25, -0.2) is 0 Å². The minimum atomic E-state index is 0.0432. The summed E-state index contributed by atoms with van der Waals surface area (Å²) in [6.07, 6.45) is 2.00. The van der Waals surface area contributed by atoms with E-state index >= 15 is 0 Å². The molecule has 138 valence electrons. The first-order valence-electron chi connectivity index (χ1n) is 8.89. The molecule has 2 rings (SSSR count). The first kappa shape index (κ1) is 19.6. The molecule has 0 saturated carbocycles. The second-order valence-corrected chi connectivity index (χ2v) is 6.76. The van der Waals surface area contributed by atoms with Crippen molar-refractivity contribution in [3.8, 4) is 5.75 Å². The maximum Gasteiger partial charge on any atom is 0.227 e. The summed E-state index contributed by atoms with van der Waals surface area (Å²) in [6, 6.07) is 5.35. The van der Waals surface area contributed by atoms with Gasteiger partial charge in [0.25, 0.3) is 0 Å². The van der Waals surface area contributed by atoms with Crippen molar-refractivity contribution in [3.05, 3.63) is 28.8 Å². The van der Waals surface area contributed by atoms with Gasteiger partial charge in [0, 0.05) is 37.1 Å². The molecule has 0 aliphatic carbocycles. The summed E-state index contributed by atoms with van der Waals surface area (Å²) < 4.78 is 5.13. The molecule has 1 aromatic carbocycles. The molecular formula is C19H27ClN2O3. The molecule has 0 spiro atoms. The van der Waals surface area contributed by atoms with Gasteiger partial charge >= 0.3 is 0 Å². The third-order valence-corrected chi connectivity index (χ3v) is 5.23. The van der Waals surface area contributed by atoms with Crippen molar-refractivity contribution in [2.75, 3.05) is 33.3 Å². The van der Waals surface area contributed by atoms with Crippen molar-refractivity contribution < 1.29 is 14.3 Å². The zero-order valence-corrected chi connectivity index (χ0v) is 16.0. The Morgan fingerprint density at radius 3 is 2.24 bits per heavy atom. The van der Waals surface area contributed by atoms with Gasteiger partial charge in [0.1, 0.15) is 5.75 Å². The highest BCUT2D eigenvalue weighted by atomic mass is 35.5. The first-order chi connectivity index (χ1) is 12.0. The van der Waals surface area contributed by atoms with Gasteiger partial charge in [-0.2, -0.15) is 0 Å². The molecule has 2 amide bonds. The first-order valence-corrected chi connectivity index (χ1v) is 9.26. The van der Waals surface area contributed by atoms with Gasteiger partial charge in [0.2, 0.25) is 11.8 Å². The Hall–Kier alpha value is -1.75. The van der Waals surface area contributed by atoms with E-state index in [0.717, 1.165) is 18.4 Å². The number of halogens is 1. The molecule has 6 heteroatoms. The molecule has 0 N–H and O–H groups in total. The number of benzene rings is 1. The van der Waals surface area contributed by atoms with Gasteiger partial charge in [-0.1, -0.05) is 31.5 Å². The van der Waals surface area contributed by atoms with E-state index in [4.69, 9.17) is 16.3 Å². The fourth-order valence-corrected chi connectivity index (χ4v) is 3.38. The summed E-state index contributed by atoms with van der Waals surface area (Å²) >= 11 is 6.22. The van der Waals surface area contributed by atoms with Crippen LogP contribution in [0.4, 0.5) is 0 Å². The van der Waals surface area contributed by atoms with Crippen LogP contribution in [-0.4, -0.2) is 54.9 Å². The predicted molar refractivity (Wildman–Crippen MR) is 98.9 cm³/mol. The highest BCUT2D eigenvalue weighted by molar-refractivity contribution is 6.31. The minimum Gasteiger partial charge on any atom is -0.497 e. The summed E-state index contributed by atoms with van der Waals surface area (Å²) in [5, 5.41) is 0.537. The van der Waals surface area contributed by atoms with Crippen LogP contribution in [-0.2, 0) is 16.0 Å². The second-order valence-electron chi connectivity index (χ2n) is 6.35. The highest BCUT2D eigenvalue weighted by Gasteiger charge is 2.27. The Bertz CT molecular complexity index is 609. The van der Waals surface area contributed by atoms with E-state index in [2.05, 4.69) is 0 Å². The van der Waals surface area contributed by atoms with Crippen LogP contribution in [0.5, 0.6) is 5.75 Å². The van der Waals surface area contributed by atoms with Crippen LogP contribution in [0.15, 0.2) is 18.2 Å². The second kappa shape index (κ2) is 9.09. The minimum absolute atomic E-state index is 0.0432. The molecule has 0 radical (unpaired) electrons. The van der Waals surface area contributed by atoms with Crippen molar-refractivity contribution in [1.29, 1.82) is 0 Å². The summed E-state index contributed by atoms with van der Waals surface area (Å²) in [4.78, 5) is 28.7. The molecule has 1 aliphatic heterocycles. The van der Waals surface area contributed by atoms with Crippen LogP contribution < -0.4 is 4.74 Å². The van der Waals surface area contributed by atoms with E-state index in [-0.39, 0.29) is 24.2 Å². The van der Waals surface area contributed by atoms with Crippen LogP contribution in [0.3, 0.4) is 0 Å².